The lowest BCUT2D eigenvalue weighted by molar-refractivity contribution is -0.139. The van der Waals surface area contributed by atoms with Crippen LogP contribution in [0.5, 0.6) is 0 Å². The molecule has 26 heavy (non-hydrogen) atoms. The third-order valence-electron chi connectivity index (χ3n) is 4.15. The fourth-order valence-electron chi connectivity index (χ4n) is 2.90. The topological polar surface area (TPSA) is 87.0 Å². The van der Waals surface area contributed by atoms with Crippen LogP contribution in [0.25, 0.3) is 0 Å². The second-order valence-electron chi connectivity index (χ2n) is 5.75. The number of anilines is 1. The number of rotatable bonds is 3. The highest BCUT2D eigenvalue weighted by atomic mass is 32.2. The van der Waals surface area contributed by atoms with E-state index in [-0.39, 0.29) is 18.8 Å². The van der Waals surface area contributed by atoms with Crippen LogP contribution in [0.2, 0.25) is 0 Å². The summed E-state index contributed by atoms with van der Waals surface area (Å²) in [7, 11) is -4.18. The molecule has 6 nitrogen and oxygen atoms in total. The van der Waals surface area contributed by atoms with Crippen molar-refractivity contribution in [1.82, 2.24) is 9.97 Å². The normalized spacial score (nSPS) is 17.9. The van der Waals surface area contributed by atoms with Crippen LogP contribution in [0.3, 0.4) is 0 Å². The lowest BCUT2D eigenvalue weighted by atomic mass is 10.2. The number of halogens is 3. The molecule has 1 aromatic heterocycles. The van der Waals surface area contributed by atoms with Crippen molar-refractivity contribution in [2.45, 2.75) is 22.7 Å². The van der Waals surface area contributed by atoms with Crippen LogP contribution < -0.4 is 4.90 Å². The standard InChI is InChI=1S/C16H13F3N4O2S/c17-16(18,19)12-3-1-2-4-13(12)26(24,25)11-6-8-23(10-11)15-5-7-21-14(9-20)22-15/h1-5,7,11H,6,8,10H2/t11-/m0/s1. The molecule has 1 aliphatic heterocycles. The molecule has 1 atom stereocenters. The lowest BCUT2D eigenvalue weighted by Gasteiger charge is -2.19. The quantitative estimate of drug-likeness (QED) is 0.810. The molecule has 0 saturated carbocycles. The van der Waals surface area contributed by atoms with E-state index >= 15 is 0 Å². The Balaban J connectivity index is 1.90. The van der Waals surface area contributed by atoms with Crippen LogP contribution in [0.1, 0.15) is 17.8 Å². The van der Waals surface area contributed by atoms with Crippen LogP contribution in [0.4, 0.5) is 19.0 Å². The molecule has 0 amide bonds. The second-order valence-corrected chi connectivity index (χ2v) is 7.94. The van der Waals surface area contributed by atoms with Crippen molar-refractivity contribution in [3.05, 3.63) is 47.9 Å². The van der Waals surface area contributed by atoms with Gasteiger partial charge in [-0.2, -0.15) is 18.4 Å². The number of sulfone groups is 1. The average molecular weight is 382 g/mol. The summed E-state index contributed by atoms with van der Waals surface area (Å²) in [5.74, 6) is 0.314. The highest BCUT2D eigenvalue weighted by Crippen LogP contribution is 2.36. The number of benzene rings is 1. The van der Waals surface area contributed by atoms with E-state index in [4.69, 9.17) is 5.26 Å². The van der Waals surface area contributed by atoms with Gasteiger partial charge in [-0.15, -0.1) is 0 Å². The average Bonchev–Trinajstić information content (AvgIpc) is 3.12. The molecule has 1 fully saturated rings. The summed E-state index contributed by atoms with van der Waals surface area (Å²) >= 11 is 0. The molecule has 10 heteroatoms. The third kappa shape index (κ3) is 3.35. The molecular formula is C16H13F3N4O2S. The minimum absolute atomic E-state index is 0.00356. The van der Waals surface area contributed by atoms with Crippen LogP contribution in [-0.4, -0.2) is 36.7 Å². The Bertz CT molecular complexity index is 970. The first-order chi connectivity index (χ1) is 12.2. The van der Waals surface area contributed by atoms with Gasteiger partial charge < -0.3 is 4.90 Å². The molecule has 0 N–H and O–H groups in total. The molecule has 2 heterocycles. The van der Waals surface area contributed by atoms with Crippen molar-refractivity contribution >= 4 is 15.7 Å². The Labute approximate surface area is 147 Å². The van der Waals surface area contributed by atoms with E-state index < -0.39 is 31.7 Å². The Morgan fingerprint density at radius 2 is 1.96 bits per heavy atom. The summed E-state index contributed by atoms with van der Waals surface area (Å²) < 4.78 is 65.1. The van der Waals surface area contributed by atoms with Gasteiger partial charge in [0.15, 0.2) is 9.84 Å². The zero-order valence-electron chi connectivity index (χ0n) is 13.3. The Morgan fingerprint density at radius 3 is 2.65 bits per heavy atom. The van der Waals surface area contributed by atoms with Gasteiger partial charge in [-0.3, -0.25) is 0 Å². The summed E-state index contributed by atoms with van der Waals surface area (Å²) in [6.07, 6.45) is -3.21. The minimum Gasteiger partial charge on any atom is -0.355 e. The zero-order valence-corrected chi connectivity index (χ0v) is 14.1. The number of alkyl halides is 3. The fourth-order valence-corrected chi connectivity index (χ4v) is 4.81. The van der Waals surface area contributed by atoms with E-state index in [0.717, 1.165) is 18.2 Å². The third-order valence-corrected chi connectivity index (χ3v) is 6.38. The van der Waals surface area contributed by atoms with Crippen molar-refractivity contribution in [3.8, 4) is 6.07 Å². The zero-order chi connectivity index (χ0) is 18.9. The second kappa shape index (κ2) is 6.57. The predicted molar refractivity (Wildman–Crippen MR) is 86.0 cm³/mol. The highest BCUT2D eigenvalue weighted by Gasteiger charge is 2.41. The monoisotopic (exact) mass is 382 g/mol. The maximum Gasteiger partial charge on any atom is 0.417 e. The Morgan fingerprint density at radius 1 is 1.23 bits per heavy atom. The van der Waals surface area contributed by atoms with Gasteiger partial charge in [-0.1, -0.05) is 12.1 Å². The molecule has 0 bridgehead atoms. The molecule has 1 aromatic carbocycles. The number of hydrogen-bond donors (Lipinski definition) is 0. The van der Waals surface area contributed by atoms with Crippen molar-refractivity contribution < 1.29 is 21.6 Å². The maximum absolute atomic E-state index is 13.2. The first-order valence-corrected chi connectivity index (χ1v) is 9.16. The van der Waals surface area contributed by atoms with E-state index in [2.05, 4.69) is 9.97 Å². The Hall–Kier alpha value is -2.67. The largest absolute Gasteiger partial charge is 0.417 e. The maximum atomic E-state index is 13.2. The molecule has 1 saturated heterocycles. The predicted octanol–water partition coefficient (Wildman–Crippen LogP) is 2.42. The van der Waals surface area contributed by atoms with E-state index in [1.807, 2.05) is 0 Å². The van der Waals surface area contributed by atoms with Gasteiger partial charge in [0.2, 0.25) is 5.82 Å². The van der Waals surface area contributed by atoms with Crippen molar-refractivity contribution in [2.24, 2.45) is 0 Å². The van der Waals surface area contributed by atoms with E-state index in [0.29, 0.717) is 12.4 Å². The fraction of sp³-hybridized carbons (Fsp3) is 0.312. The summed E-state index contributed by atoms with van der Waals surface area (Å²) in [5, 5.41) is 7.85. The minimum atomic E-state index is -4.75. The molecule has 0 unspecified atom stereocenters. The van der Waals surface area contributed by atoms with E-state index in [9.17, 15) is 21.6 Å². The number of aromatic nitrogens is 2. The van der Waals surface area contributed by atoms with Crippen LogP contribution in [0, 0.1) is 11.3 Å². The smallest absolute Gasteiger partial charge is 0.355 e. The van der Waals surface area contributed by atoms with Gasteiger partial charge in [0.25, 0.3) is 0 Å². The molecular weight excluding hydrogens is 369 g/mol. The van der Waals surface area contributed by atoms with E-state index in [1.54, 1.807) is 11.0 Å². The van der Waals surface area contributed by atoms with Crippen molar-refractivity contribution in [1.29, 1.82) is 5.26 Å². The van der Waals surface area contributed by atoms with Gasteiger partial charge in [0.05, 0.1) is 15.7 Å². The molecule has 136 valence electrons. The summed E-state index contributed by atoms with van der Waals surface area (Å²) in [6.45, 7) is 0.302. The summed E-state index contributed by atoms with van der Waals surface area (Å²) in [6, 6.07) is 7.51. The first-order valence-electron chi connectivity index (χ1n) is 7.61. The van der Waals surface area contributed by atoms with Gasteiger partial charge in [0.1, 0.15) is 11.9 Å². The number of nitriles is 1. The summed E-state index contributed by atoms with van der Waals surface area (Å²) in [5.41, 5.74) is -1.16. The Kier molecular flexibility index (Phi) is 4.58. The lowest BCUT2D eigenvalue weighted by Crippen LogP contribution is -2.29. The molecule has 0 aliphatic carbocycles. The van der Waals surface area contributed by atoms with E-state index in [1.165, 1.54) is 18.3 Å². The van der Waals surface area contributed by atoms with Crippen LogP contribution in [0.15, 0.2) is 41.4 Å². The molecule has 2 aromatic rings. The molecule has 1 aliphatic rings. The molecule has 0 radical (unpaired) electrons. The SMILES string of the molecule is N#Cc1nccc(N2CC[C@H](S(=O)(=O)c3ccccc3C(F)(F)F)C2)n1. The van der Waals surface area contributed by atoms with Crippen molar-refractivity contribution in [3.63, 3.8) is 0 Å². The summed E-state index contributed by atoms with van der Waals surface area (Å²) in [4.78, 5) is 8.66. The molecule has 3 rings (SSSR count). The van der Waals surface area contributed by atoms with Gasteiger partial charge in [0, 0.05) is 19.3 Å². The van der Waals surface area contributed by atoms with Gasteiger partial charge in [-0.25, -0.2) is 18.4 Å². The number of nitrogens with zero attached hydrogens (tertiary/aromatic N) is 4. The molecule has 0 spiro atoms. The van der Waals surface area contributed by atoms with Gasteiger partial charge >= 0.3 is 6.18 Å². The van der Waals surface area contributed by atoms with Crippen LogP contribution in [-0.2, 0) is 16.0 Å². The highest BCUT2D eigenvalue weighted by molar-refractivity contribution is 7.92. The van der Waals surface area contributed by atoms with Crippen molar-refractivity contribution in [2.75, 3.05) is 18.0 Å². The van der Waals surface area contributed by atoms with Crippen LogP contribution >= 0.6 is 0 Å². The first kappa shape index (κ1) is 18.1. The van der Waals surface area contributed by atoms with Gasteiger partial charge in [-0.05, 0) is 24.6 Å². The number of hydrogen-bond acceptors (Lipinski definition) is 6.